The molecule has 0 radical (unpaired) electrons. The van der Waals surface area contributed by atoms with Gasteiger partial charge in [0.2, 0.25) is 0 Å². The summed E-state index contributed by atoms with van der Waals surface area (Å²) in [4.78, 5) is 3.93. The van der Waals surface area contributed by atoms with Crippen LogP contribution in [0.5, 0.6) is 0 Å². The summed E-state index contributed by atoms with van der Waals surface area (Å²) >= 11 is 1.82. The van der Waals surface area contributed by atoms with Crippen molar-refractivity contribution >= 4 is 17.4 Å². The van der Waals surface area contributed by atoms with E-state index in [0.29, 0.717) is 6.04 Å². The maximum Gasteiger partial charge on any atom is 0.0389 e. The molecule has 2 aromatic rings. The van der Waals surface area contributed by atoms with Crippen LogP contribution in [0.2, 0.25) is 0 Å². The lowest BCUT2D eigenvalue weighted by molar-refractivity contribution is 0.208. The molecule has 1 atom stereocenters. The van der Waals surface area contributed by atoms with Crippen LogP contribution in [0.15, 0.2) is 59.5 Å². The van der Waals surface area contributed by atoms with Gasteiger partial charge >= 0.3 is 0 Å². The Morgan fingerprint density at radius 3 is 2.82 bits per heavy atom. The number of nitrogens with zero attached hydrogens (tertiary/aromatic N) is 1. The number of anilines is 1. The Hall–Kier alpha value is -1.45. The van der Waals surface area contributed by atoms with Crippen molar-refractivity contribution < 1.29 is 0 Å². The fraction of sp³-hybridized carbons (Fsp3) is 0.368. The Labute approximate surface area is 137 Å². The Kier molecular flexibility index (Phi) is 5.41. The van der Waals surface area contributed by atoms with Gasteiger partial charge in [-0.15, -0.1) is 11.8 Å². The molecule has 2 nitrogen and oxygen atoms in total. The number of benzene rings is 2. The summed E-state index contributed by atoms with van der Waals surface area (Å²) in [6.07, 6.45) is 4.67. The van der Waals surface area contributed by atoms with Crippen molar-refractivity contribution in [3.63, 3.8) is 0 Å². The van der Waals surface area contributed by atoms with Crippen LogP contribution in [0, 0.1) is 0 Å². The fourth-order valence-electron chi connectivity index (χ4n) is 3.12. The largest absolute Gasteiger partial charge is 0.381 e. The molecule has 0 saturated carbocycles. The van der Waals surface area contributed by atoms with Crippen molar-refractivity contribution in [3.05, 3.63) is 60.2 Å². The summed E-state index contributed by atoms with van der Waals surface area (Å²) in [5.74, 6) is 0. The first-order chi connectivity index (χ1) is 10.8. The van der Waals surface area contributed by atoms with Crippen LogP contribution in [-0.2, 0) is 6.54 Å². The smallest absolute Gasteiger partial charge is 0.0389 e. The highest BCUT2D eigenvalue weighted by Crippen LogP contribution is 2.20. The minimum atomic E-state index is 0.555. The Balaban J connectivity index is 1.58. The van der Waals surface area contributed by atoms with Crippen LogP contribution in [0.4, 0.5) is 5.69 Å². The van der Waals surface area contributed by atoms with E-state index in [2.05, 4.69) is 71.1 Å². The van der Waals surface area contributed by atoms with Gasteiger partial charge < -0.3 is 5.32 Å². The molecule has 1 aliphatic heterocycles. The normalized spacial score (nSPS) is 19.0. The number of nitrogens with one attached hydrogen (secondary N) is 1. The molecule has 1 heterocycles. The highest BCUT2D eigenvalue weighted by molar-refractivity contribution is 7.98. The van der Waals surface area contributed by atoms with Gasteiger partial charge in [0.15, 0.2) is 0 Å². The number of thioether (sulfide) groups is 1. The molecule has 3 rings (SSSR count). The number of rotatable bonds is 5. The third kappa shape index (κ3) is 4.28. The minimum absolute atomic E-state index is 0.555. The Morgan fingerprint density at radius 2 is 2.00 bits per heavy atom. The molecule has 3 heteroatoms. The summed E-state index contributed by atoms with van der Waals surface area (Å²) in [5, 5.41) is 3.67. The van der Waals surface area contributed by atoms with E-state index in [1.165, 1.54) is 35.5 Å². The quantitative estimate of drug-likeness (QED) is 0.819. The number of hydrogen-bond donors (Lipinski definition) is 1. The van der Waals surface area contributed by atoms with E-state index in [9.17, 15) is 0 Å². The van der Waals surface area contributed by atoms with Crippen molar-refractivity contribution in [2.24, 2.45) is 0 Å². The summed E-state index contributed by atoms with van der Waals surface area (Å²) in [7, 11) is 0. The molecule has 1 saturated heterocycles. The summed E-state index contributed by atoms with van der Waals surface area (Å²) in [6.45, 7) is 3.39. The van der Waals surface area contributed by atoms with Gasteiger partial charge in [-0.05, 0) is 55.5 Å². The zero-order valence-corrected chi connectivity index (χ0v) is 14.0. The molecular weight excluding hydrogens is 288 g/mol. The maximum atomic E-state index is 3.67. The zero-order chi connectivity index (χ0) is 15.2. The van der Waals surface area contributed by atoms with E-state index in [0.717, 1.165) is 13.1 Å². The van der Waals surface area contributed by atoms with Crippen LogP contribution in [0.1, 0.15) is 18.4 Å². The van der Waals surface area contributed by atoms with E-state index in [-0.39, 0.29) is 0 Å². The molecule has 0 bridgehead atoms. The Morgan fingerprint density at radius 1 is 1.14 bits per heavy atom. The Bertz CT molecular complexity index is 585. The van der Waals surface area contributed by atoms with Crippen molar-refractivity contribution in [2.75, 3.05) is 24.7 Å². The lowest BCUT2D eigenvalue weighted by Gasteiger charge is -2.33. The molecule has 0 spiro atoms. The van der Waals surface area contributed by atoms with Crippen molar-refractivity contribution in [2.45, 2.75) is 30.3 Å². The van der Waals surface area contributed by atoms with Gasteiger partial charge in [-0.1, -0.05) is 30.3 Å². The average Bonchev–Trinajstić information content (AvgIpc) is 2.56. The van der Waals surface area contributed by atoms with Gasteiger partial charge in [0.25, 0.3) is 0 Å². The molecule has 0 amide bonds. The van der Waals surface area contributed by atoms with Gasteiger partial charge in [-0.25, -0.2) is 0 Å². The second kappa shape index (κ2) is 7.70. The van der Waals surface area contributed by atoms with Gasteiger partial charge in [-0.3, -0.25) is 4.90 Å². The predicted molar refractivity (Wildman–Crippen MR) is 96.6 cm³/mol. The topological polar surface area (TPSA) is 15.3 Å². The second-order valence-corrected chi connectivity index (χ2v) is 6.82. The molecule has 2 aromatic carbocycles. The molecule has 116 valence electrons. The molecular formula is C19H24N2S. The zero-order valence-electron chi connectivity index (χ0n) is 13.2. The lowest BCUT2D eigenvalue weighted by Crippen LogP contribution is -2.41. The van der Waals surface area contributed by atoms with E-state index < -0.39 is 0 Å². The van der Waals surface area contributed by atoms with Gasteiger partial charge in [0, 0.05) is 29.7 Å². The molecule has 0 aliphatic carbocycles. The summed E-state index contributed by atoms with van der Waals surface area (Å²) in [5.41, 5.74) is 2.66. The van der Waals surface area contributed by atoms with E-state index in [4.69, 9.17) is 0 Å². The third-order valence-electron chi connectivity index (χ3n) is 4.19. The molecule has 1 N–H and O–H groups in total. The number of hydrogen-bond acceptors (Lipinski definition) is 3. The number of piperidine rings is 1. The predicted octanol–water partition coefficient (Wildman–Crippen LogP) is 4.49. The molecule has 1 fully saturated rings. The molecule has 1 unspecified atom stereocenters. The number of para-hydroxylation sites is 1. The van der Waals surface area contributed by atoms with Crippen LogP contribution in [0.3, 0.4) is 0 Å². The monoisotopic (exact) mass is 312 g/mol. The average molecular weight is 312 g/mol. The third-order valence-corrected chi connectivity index (χ3v) is 4.92. The first-order valence-corrected chi connectivity index (χ1v) is 9.23. The first kappa shape index (κ1) is 15.4. The van der Waals surface area contributed by atoms with Gasteiger partial charge in [0.1, 0.15) is 0 Å². The van der Waals surface area contributed by atoms with Gasteiger partial charge in [0.05, 0.1) is 0 Å². The van der Waals surface area contributed by atoms with E-state index in [1.807, 2.05) is 11.8 Å². The number of likely N-dealkylation sites (tertiary alicyclic amines) is 1. The fourth-order valence-corrected chi connectivity index (χ4v) is 3.60. The standard InChI is InChI=1S/C19H24N2S/c1-22-19-11-5-7-16(13-19)14-21-12-6-10-18(15-21)20-17-8-3-2-4-9-17/h2-5,7-9,11,13,18,20H,6,10,12,14-15H2,1H3. The van der Waals surface area contributed by atoms with Crippen molar-refractivity contribution in [1.82, 2.24) is 4.90 Å². The summed E-state index contributed by atoms with van der Waals surface area (Å²) in [6, 6.07) is 20.0. The van der Waals surface area contributed by atoms with Crippen LogP contribution >= 0.6 is 11.8 Å². The van der Waals surface area contributed by atoms with Crippen molar-refractivity contribution in [1.29, 1.82) is 0 Å². The van der Waals surface area contributed by atoms with Crippen LogP contribution < -0.4 is 5.32 Å². The molecule has 22 heavy (non-hydrogen) atoms. The lowest BCUT2D eigenvalue weighted by atomic mass is 10.0. The van der Waals surface area contributed by atoms with E-state index >= 15 is 0 Å². The first-order valence-electron chi connectivity index (χ1n) is 8.00. The SMILES string of the molecule is CSc1cccc(CN2CCCC(Nc3ccccc3)C2)c1. The second-order valence-electron chi connectivity index (χ2n) is 5.94. The van der Waals surface area contributed by atoms with Crippen molar-refractivity contribution in [3.8, 4) is 0 Å². The molecule has 0 aromatic heterocycles. The highest BCUT2D eigenvalue weighted by Gasteiger charge is 2.19. The highest BCUT2D eigenvalue weighted by atomic mass is 32.2. The van der Waals surface area contributed by atoms with Crippen LogP contribution in [0.25, 0.3) is 0 Å². The molecule has 1 aliphatic rings. The van der Waals surface area contributed by atoms with Gasteiger partial charge in [-0.2, -0.15) is 0 Å². The maximum absolute atomic E-state index is 3.67. The van der Waals surface area contributed by atoms with E-state index in [1.54, 1.807) is 0 Å². The van der Waals surface area contributed by atoms with Crippen LogP contribution in [-0.4, -0.2) is 30.3 Å². The summed E-state index contributed by atoms with van der Waals surface area (Å²) < 4.78 is 0. The minimum Gasteiger partial charge on any atom is -0.381 e.